The Kier molecular flexibility index (Phi) is 5.59. The quantitative estimate of drug-likeness (QED) is 0.469. The lowest BCUT2D eigenvalue weighted by molar-refractivity contribution is -0.194. The van der Waals surface area contributed by atoms with Crippen molar-refractivity contribution in [3.05, 3.63) is 35.9 Å². The maximum absolute atomic E-state index is 8.90. The van der Waals surface area contributed by atoms with Crippen LogP contribution in [-0.4, -0.2) is 16.5 Å². The molecule has 2 N–H and O–H groups in total. The Morgan fingerprint density at radius 1 is 1.38 bits per heavy atom. The molecule has 5 nitrogen and oxygen atoms in total. The van der Waals surface area contributed by atoms with Crippen LogP contribution in [0.4, 0.5) is 4.79 Å². The van der Waals surface area contributed by atoms with Gasteiger partial charge in [-0.15, -0.1) is 0 Å². The molecule has 0 amide bonds. The smallest absolute Gasteiger partial charge is 0.448 e. The van der Waals surface area contributed by atoms with Crippen LogP contribution in [0.1, 0.15) is 5.56 Å². The molecule has 0 saturated carbocycles. The van der Waals surface area contributed by atoms with E-state index in [4.69, 9.17) is 20.4 Å². The van der Waals surface area contributed by atoms with Crippen LogP contribution in [-0.2, 0) is 4.89 Å². The molecule has 0 aliphatic carbocycles. The first kappa shape index (κ1) is 10.9. The summed E-state index contributed by atoms with van der Waals surface area (Å²) in [6.45, 7) is 0. The number of rotatable bonds is 0. The Bertz CT molecular complexity index is 291. The number of carbonyl (C=O) groups is 1. The van der Waals surface area contributed by atoms with Crippen molar-refractivity contribution in [1.82, 2.24) is 0 Å². The molecule has 0 fully saturated rings. The molecule has 5 heteroatoms. The molecule has 1 rings (SSSR count). The Morgan fingerprint density at radius 2 is 1.85 bits per heavy atom. The third kappa shape index (κ3) is 6.34. The predicted octanol–water partition coefficient (Wildman–Crippen LogP) is 1.71. The fourth-order valence-electron chi connectivity index (χ4n) is 0.513. The number of nitrogens with zero attached hydrogens (tertiary/aromatic N) is 1. The minimum atomic E-state index is -1.69. The minimum Gasteiger partial charge on any atom is -0.448 e. The molecule has 0 radical (unpaired) electrons. The molecule has 0 bridgehead atoms. The van der Waals surface area contributed by atoms with Gasteiger partial charge in [-0.1, -0.05) is 18.2 Å². The summed E-state index contributed by atoms with van der Waals surface area (Å²) < 4.78 is 0. The normalized spacial score (nSPS) is 7.38. The minimum absolute atomic E-state index is 0.715. The van der Waals surface area contributed by atoms with Crippen LogP contribution in [0.3, 0.4) is 0 Å². The van der Waals surface area contributed by atoms with E-state index in [0.29, 0.717) is 5.56 Å². The van der Waals surface area contributed by atoms with E-state index >= 15 is 0 Å². The van der Waals surface area contributed by atoms with Crippen molar-refractivity contribution in [1.29, 1.82) is 5.26 Å². The Morgan fingerprint density at radius 3 is 2.08 bits per heavy atom. The first-order valence-corrected chi connectivity index (χ1v) is 3.20. The predicted molar refractivity (Wildman–Crippen MR) is 42.9 cm³/mol. The van der Waals surface area contributed by atoms with Gasteiger partial charge in [-0.3, -0.25) is 4.89 Å². The average Bonchev–Trinajstić information content (AvgIpc) is 2.20. The second-order valence-electron chi connectivity index (χ2n) is 1.84. The topological polar surface area (TPSA) is 90.6 Å². The van der Waals surface area contributed by atoms with Crippen LogP contribution in [0.5, 0.6) is 0 Å². The number of benzene rings is 1. The molecule has 68 valence electrons. The van der Waals surface area contributed by atoms with Gasteiger partial charge in [-0.05, 0) is 12.1 Å². The lowest BCUT2D eigenvalue weighted by atomic mass is 10.2. The van der Waals surface area contributed by atoms with Gasteiger partial charge >= 0.3 is 6.16 Å². The Balaban J connectivity index is 0.000000252. The molecular weight excluding hydrogens is 174 g/mol. The van der Waals surface area contributed by atoms with Gasteiger partial charge in [-0.2, -0.15) is 10.5 Å². The molecule has 13 heavy (non-hydrogen) atoms. The standard InChI is InChI=1S/C7H5N.CH2O4/c8-6-7-4-2-1-3-5-7;2-1(3)5-4/h1-5H;4H,(H,2,3). The SMILES string of the molecule is N#Cc1ccccc1.O=C(O)OO. The molecule has 0 aliphatic rings. The summed E-state index contributed by atoms with van der Waals surface area (Å²) in [5.41, 5.74) is 0.715. The summed E-state index contributed by atoms with van der Waals surface area (Å²) in [5, 5.41) is 22.6. The molecule has 0 aromatic heterocycles. The Hall–Kier alpha value is -2.06. The number of carboxylic acid groups (broad SMARTS) is 1. The molecule has 0 unspecified atom stereocenters. The molecule has 1 aromatic carbocycles. The summed E-state index contributed by atoms with van der Waals surface area (Å²) >= 11 is 0. The van der Waals surface area contributed by atoms with Crippen LogP contribution in [0.2, 0.25) is 0 Å². The summed E-state index contributed by atoms with van der Waals surface area (Å²) in [4.78, 5) is 11.6. The fraction of sp³-hybridized carbons (Fsp3) is 0. The van der Waals surface area contributed by atoms with Crippen molar-refractivity contribution >= 4 is 6.16 Å². The Labute approximate surface area is 74.4 Å². The average molecular weight is 181 g/mol. The van der Waals surface area contributed by atoms with Gasteiger partial charge in [-0.25, -0.2) is 4.79 Å². The highest BCUT2D eigenvalue weighted by Gasteiger charge is 1.84. The maximum Gasteiger partial charge on any atom is 0.537 e. The first-order valence-electron chi connectivity index (χ1n) is 3.20. The van der Waals surface area contributed by atoms with E-state index in [2.05, 4.69) is 4.89 Å². The zero-order chi connectivity index (χ0) is 10.1. The van der Waals surface area contributed by atoms with Crippen LogP contribution in [0.15, 0.2) is 30.3 Å². The summed E-state index contributed by atoms with van der Waals surface area (Å²) in [7, 11) is 0. The largest absolute Gasteiger partial charge is 0.537 e. The highest BCUT2D eigenvalue weighted by molar-refractivity contribution is 5.55. The van der Waals surface area contributed by atoms with Crippen molar-refractivity contribution in [3.63, 3.8) is 0 Å². The van der Waals surface area contributed by atoms with E-state index in [1.54, 1.807) is 12.1 Å². The molecule has 0 atom stereocenters. The zero-order valence-electron chi connectivity index (χ0n) is 6.54. The van der Waals surface area contributed by atoms with E-state index in [-0.39, 0.29) is 0 Å². The van der Waals surface area contributed by atoms with E-state index in [9.17, 15) is 0 Å². The van der Waals surface area contributed by atoms with E-state index in [1.165, 1.54) is 0 Å². The molecule has 0 spiro atoms. The van der Waals surface area contributed by atoms with Gasteiger partial charge in [0.05, 0.1) is 11.6 Å². The van der Waals surface area contributed by atoms with Gasteiger partial charge < -0.3 is 5.11 Å². The third-order valence-electron chi connectivity index (χ3n) is 0.981. The highest BCUT2D eigenvalue weighted by Crippen LogP contribution is 1.93. The highest BCUT2D eigenvalue weighted by atomic mass is 17.1. The van der Waals surface area contributed by atoms with Crippen molar-refractivity contribution in [3.8, 4) is 6.07 Å². The van der Waals surface area contributed by atoms with Crippen molar-refractivity contribution in [2.24, 2.45) is 0 Å². The van der Waals surface area contributed by atoms with E-state index in [1.807, 2.05) is 24.3 Å². The van der Waals surface area contributed by atoms with E-state index < -0.39 is 6.16 Å². The maximum atomic E-state index is 8.90. The lowest BCUT2D eigenvalue weighted by Gasteiger charge is -1.80. The van der Waals surface area contributed by atoms with Gasteiger partial charge in [0, 0.05) is 0 Å². The van der Waals surface area contributed by atoms with Crippen LogP contribution >= 0.6 is 0 Å². The molecule has 0 aliphatic heterocycles. The van der Waals surface area contributed by atoms with Crippen LogP contribution in [0, 0.1) is 11.3 Å². The van der Waals surface area contributed by atoms with E-state index in [0.717, 1.165) is 0 Å². The van der Waals surface area contributed by atoms with Gasteiger partial charge in [0.25, 0.3) is 0 Å². The lowest BCUT2D eigenvalue weighted by Crippen LogP contribution is -1.91. The van der Waals surface area contributed by atoms with Gasteiger partial charge in [0.2, 0.25) is 0 Å². The van der Waals surface area contributed by atoms with Gasteiger partial charge in [0.15, 0.2) is 0 Å². The summed E-state index contributed by atoms with van der Waals surface area (Å²) in [5.74, 6) is 0. The zero-order valence-corrected chi connectivity index (χ0v) is 6.54. The molecule has 0 heterocycles. The number of hydrogen-bond acceptors (Lipinski definition) is 4. The molecular formula is C8H7NO4. The second-order valence-corrected chi connectivity index (χ2v) is 1.84. The number of nitriles is 1. The molecule has 1 aromatic rings. The summed E-state index contributed by atoms with van der Waals surface area (Å²) in [6, 6.07) is 11.2. The van der Waals surface area contributed by atoms with Crippen molar-refractivity contribution in [2.45, 2.75) is 0 Å². The van der Waals surface area contributed by atoms with Gasteiger partial charge in [0.1, 0.15) is 0 Å². The van der Waals surface area contributed by atoms with Crippen LogP contribution in [0.25, 0.3) is 0 Å². The third-order valence-corrected chi connectivity index (χ3v) is 0.981. The monoisotopic (exact) mass is 181 g/mol. The first-order chi connectivity index (χ1) is 6.20. The fourth-order valence-corrected chi connectivity index (χ4v) is 0.513. The van der Waals surface area contributed by atoms with Crippen molar-refractivity contribution in [2.75, 3.05) is 0 Å². The van der Waals surface area contributed by atoms with Crippen LogP contribution < -0.4 is 0 Å². The second kappa shape index (κ2) is 6.64. The number of hydrogen-bond donors (Lipinski definition) is 2. The summed E-state index contributed by atoms with van der Waals surface area (Å²) in [6.07, 6.45) is -1.69. The molecule has 0 saturated heterocycles. The van der Waals surface area contributed by atoms with Crippen molar-refractivity contribution < 1.29 is 20.0 Å².